The molecule has 1 fully saturated rings. The van der Waals surface area contributed by atoms with Gasteiger partial charge in [0.15, 0.2) is 11.5 Å². The van der Waals surface area contributed by atoms with Gasteiger partial charge in [-0.05, 0) is 55.3 Å². The van der Waals surface area contributed by atoms with E-state index in [-0.39, 0.29) is 30.6 Å². The van der Waals surface area contributed by atoms with Crippen molar-refractivity contribution in [2.24, 2.45) is 0 Å². The molecule has 4 rings (SSSR count). The number of aliphatic hydroxyl groups excluding tert-OH is 1. The first-order chi connectivity index (χ1) is 17.4. The van der Waals surface area contributed by atoms with Crippen LogP contribution in [0.25, 0.3) is 5.76 Å². The Labute approximate surface area is 210 Å². The summed E-state index contributed by atoms with van der Waals surface area (Å²) in [5.41, 5.74) is 2.03. The minimum atomic E-state index is -0.823. The molecular formula is C28H31NO7. The van der Waals surface area contributed by atoms with Gasteiger partial charge < -0.3 is 29.0 Å². The number of carbonyl (C=O) groups is 2. The van der Waals surface area contributed by atoms with Crippen molar-refractivity contribution in [2.45, 2.75) is 32.4 Å². The highest BCUT2D eigenvalue weighted by Crippen LogP contribution is 2.42. The van der Waals surface area contributed by atoms with E-state index in [1.165, 1.54) is 12.0 Å². The lowest BCUT2D eigenvalue weighted by molar-refractivity contribution is -0.140. The van der Waals surface area contributed by atoms with Crippen LogP contribution in [-0.4, -0.2) is 61.3 Å². The third kappa shape index (κ3) is 4.81. The lowest BCUT2D eigenvalue weighted by Crippen LogP contribution is -2.32. The number of hydrogen-bond donors (Lipinski definition) is 1. The number of nitrogens with zero attached hydrogens (tertiary/aromatic N) is 1. The molecule has 0 spiro atoms. The maximum Gasteiger partial charge on any atom is 0.295 e. The van der Waals surface area contributed by atoms with Gasteiger partial charge in [0.1, 0.15) is 24.2 Å². The number of methoxy groups -OCH3 is 1. The number of ether oxygens (including phenoxy) is 4. The number of aliphatic hydroxyl groups is 1. The number of rotatable bonds is 10. The van der Waals surface area contributed by atoms with Crippen LogP contribution in [-0.2, 0) is 20.7 Å². The second-order valence-corrected chi connectivity index (χ2v) is 8.68. The Morgan fingerprint density at radius 3 is 2.72 bits per heavy atom. The first-order valence-corrected chi connectivity index (χ1v) is 12.0. The Morgan fingerprint density at radius 2 is 2.00 bits per heavy atom. The van der Waals surface area contributed by atoms with E-state index in [1.807, 2.05) is 19.9 Å². The number of hydrogen-bond acceptors (Lipinski definition) is 7. The van der Waals surface area contributed by atoms with E-state index in [2.05, 4.69) is 6.58 Å². The highest BCUT2D eigenvalue weighted by atomic mass is 16.5. The highest BCUT2D eigenvalue weighted by Gasteiger charge is 2.46. The lowest BCUT2D eigenvalue weighted by atomic mass is 9.94. The highest BCUT2D eigenvalue weighted by molar-refractivity contribution is 6.46. The second kappa shape index (κ2) is 10.9. The van der Waals surface area contributed by atoms with Crippen LogP contribution in [0, 0.1) is 0 Å². The van der Waals surface area contributed by atoms with Gasteiger partial charge in [-0.3, -0.25) is 9.59 Å². The summed E-state index contributed by atoms with van der Waals surface area (Å²) in [6.45, 7) is 8.60. The normalized spacial score (nSPS) is 20.2. The molecule has 0 unspecified atom stereocenters. The van der Waals surface area contributed by atoms with Crippen molar-refractivity contribution >= 4 is 17.4 Å². The van der Waals surface area contributed by atoms with Crippen LogP contribution in [0.5, 0.6) is 17.2 Å². The summed E-state index contributed by atoms with van der Waals surface area (Å²) >= 11 is 0. The third-order valence-electron chi connectivity index (χ3n) is 6.19. The van der Waals surface area contributed by atoms with Crippen molar-refractivity contribution in [3.05, 3.63) is 71.3 Å². The molecule has 0 bridgehead atoms. The number of ketones is 1. The van der Waals surface area contributed by atoms with Gasteiger partial charge in [0.25, 0.3) is 11.7 Å². The number of carbonyl (C=O) groups excluding carboxylic acids is 2. The first kappa shape index (κ1) is 25.3. The molecule has 2 aromatic carbocycles. The first-order valence-electron chi connectivity index (χ1n) is 12.0. The van der Waals surface area contributed by atoms with Crippen LogP contribution in [0.1, 0.15) is 36.6 Å². The fourth-order valence-electron chi connectivity index (χ4n) is 4.60. The van der Waals surface area contributed by atoms with Gasteiger partial charge >= 0.3 is 0 Å². The number of amides is 1. The molecule has 2 aliphatic heterocycles. The predicted molar refractivity (Wildman–Crippen MR) is 134 cm³/mol. The summed E-state index contributed by atoms with van der Waals surface area (Å²) in [6, 6.07) is 9.70. The summed E-state index contributed by atoms with van der Waals surface area (Å²) in [6.07, 6.45) is 2.37. The molecule has 8 heteroatoms. The molecule has 36 heavy (non-hydrogen) atoms. The van der Waals surface area contributed by atoms with Crippen LogP contribution < -0.4 is 14.2 Å². The van der Waals surface area contributed by atoms with Crippen LogP contribution in [0.2, 0.25) is 0 Å². The maximum atomic E-state index is 13.2. The molecule has 0 aromatic heterocycles. The molecule has 2 aromatic rings. The SMILES string of the molecule is C=CCOc1ccc([C@@H]2C(=C(O)c3ccc4c(c3)C[C@H](C)O4)C(=O)C(=O)N2CCOC)cc1OCC. The summed E-state index contributed by atoms with van der Waals surface area (Å²) in [4.78, 5) is 27.7. The molecule has 1 amide bonds. The van der Waals surface area contributed by atoms with Crippen LogP contribution in [0.3, 0.4) is 0 Å². The van der Waals surface area contributed by atoms with Gasteiger partial charge in [-0.25, -0.2) is 0 Å². The van der Waals surface area contributed by atoms with Crippen molar-refractivity contribution in [3.8, 4) is 17.2 Å². The summed E-state index contributed by atoms with van der Waals surface area (Å²) in [5.74, 6) is 0.0726. The molecule has 1 N–H and O–H groups in total. The summed E-state index contributed by atoms with van der Waals surface area (Å²) in [7, 11) is 1.53. The Balaban J connectivity index is 1.83. The van der Waals surface area contributed by atoms with E-state index in [4.69, 9.17) is 18.9 Å². The standard InChI is InChI=1S/C28H31NO7/c1-5-12-35-22-10-7-18(16-23(22)34-6-2)25-24(27(31)28(32)29(25)11-13-33-4)26(30)19-8-9-21-20(15-19)14-17(3)36-21/h5,7-10,15-17,25,30H,1,6,11-14H2,2-4H3/t17-,25+/m0/s1. The lowest BCUT2D eigenvalue weighted by Gasteiger charge is -2.26. The third-order valence-corrected chi connectivity index (χ3v) is 6.19. The van der Waals surface area contributed by atoms with Gasteiger partial charge in [0.2, 0.25) is 0 Å². The number of likely N-dealkylation sites (tertiary alicyclic amines) is 1. The second-order valence-electron chi connectivity index (χ2n) is 8.68. The quantitative estimate of drug-likeness (QED) is 0.231. The minimum absolute atomic E-state index is 0.0187. The van der Waals surface area contributed by atoms with Crippen molar-refractivity contribution in [1.82, 2.24) is 4.90 Å². The van der Waals surface area contributed by atoms with Gasteiger partial charge in [-0.1, -0.05) is 18.7 Å². The molecule has 8 nitrogen and oxygen atoms in total. The van der Waals surface area contributed by atoms with Gasteiger partial charge in [0.05, 0.1) is 24.8 Å². The topological polar surface area (TPSA) is 94.5 Å². The minimum Gasteiger partial charge on any atom is -0.507 e. The van der Waals surface area contributed by atoms with E-state index in [9.17, 15) is 14.7 Å². The molecule has 0 radical (unpaired) electrons. The molecule has 0 aliphatic carbocycles. The van der Waals surface area contributed by atoms with E-state index >= 15 is 0 Å². The monoisotopic (exact) mass is 493 g/mol. The van der Waals surface area contributed by atoms with Gasteiger partial charge in [0, 0.05) is 25.6 Å². The largest absolute Gasteiger partial charge is 0.507 e. The van der Waals surface area contributed by atoms with E-state index in [1.54, 1.807) is 36.4 Å². The molecule has 2 heterocycles. The number of benzene rings is 2. The summed E-state index contributed by atoms with van der Waals surface area (Å²) in [5, 5.41) is 11.4. The zero-order chi connectivity index (χ0) is 25.8. The van der Waals surface area contributed by atoms with Gasteiger partial charge in [-0.2, -0.15) is 0 Å². The zero-order valence-corrected chi connectivity index (χ0v) is 20.8. The average Bonchev–Trinajstić information content (AvgIpc) is 3.37. The van der Waals surface area contributed by atoms with E-state index in [0.717, 1.165) is 11.3 Å². The number of fused-ring (bicyclic) bond motifs is 1. The van der Waals surface area contributed by atoms with Crippen molar-refractivity contribution in [1.29, 1.82) is 0 Å². The average molecular weight is 494 g/mol. The van der Waals surface area contributed by atoms with Crippen LogP contribution in [0.15, 0.2) is 54.6 Å². The molecule has 2 atom stereocenters. The van der Waals surface area contributed by atoms with Crippen LogP contribution >= 0.6 is 0 Å². The molecule has 1 saturated heterocycles. The van der Waals surface area contributed by atoms with Crippen molar-refractivity contribution in [2.75, 3.05) is 33.5 Å². The van der Waals surface area contributed by atoms with E-state index < -0.39 is 17.7 Å². The Bertz CT molecular complexity index is 1200. The summed E-state index contributed by atoms with van der Waals surface area (Å²) < 4.78 is 22.4. The predicted octanol–water partition coefficient (Wildman–Crippen LogP) is 4.04. The molecule has 2 aliphatic rings. The van der Waals surface area contributed by atoms with Crippen LogP contribution in [0.4, 0.5) is 0 Å². The Hall–Kier alpha value is -3.78. The van der Waals surface area contributed by atoms with Crippen molar-refractivity contribution in [3.63, 3.8) is 0 Å². The zero-order valence-electron chi connectivity index (χ0n) is 20.8. The molecule has 0 saturated carbocycles. The fourth-order valence-corrected chi connectivity index (χ4v) is 4.60. The van der Waals surface area contributed by atoms with Gasteiger partial charge in [-0.15, -0.1) is 0 Å². The fraction of sp³-hybridized carbons (Fsp3) is 0.357. The maximum absolute atomic E-state index is 13.2. The molecule has 190 valence electrons. The van der Waals surface area contributed by atoms with E-state index in [0.29, 0.717) is 42.3 Å². The Morgan fingerprint density at radius 1 is 1.19 bits per heavy atom. The van der Waals surface area contributed by atoms with Crippen molar-refractivity contribution < 1.29 is 33.6 Å². The molecular weight excluding hydrogens is 462 g/mol. The number of Topliss-reactive ketones (excluding diaryl/α,β-unsaturated/α-hetero) is 1. The smallest absolute Gasteiger partial charge is 0.295 e. The Kier molecular flexibility index (Phi) is 7.64.